The minimum atomic E-state index is -3.67. The minimum absolute atomic E-state index is 0.258. The van der Waals surface area contributed by atoms with Crippen LogP contribution >= 0.6 is 0 Å². The van der Waals surface area contributed by atoms with Crippen molar-refractivity contribution in [1.82, 2.24) is 4.31 Å². The van der Waals surface area contributed by atoms with Crippen LogP contribution in [0.3, 0.4) is 0 Å². The highest BCUT2D eigenvalue weighted by Crippen LogP contribution is 2.32. The number of hydrogen-bond acceptors (Lipinski definition) is 4. The molecule has 0 saturated carbocycles. The highest BCUT2D eigenvalue weighted by Gasteiger charge is 2.31. The fraction of sp³-hybridized carbons (Fsp3) is 0.458. The molecular weight excluding hydrogens is 410 g/mol. The molecule has 0 spiro atoms. The van der Waals surface area contributed by atoms with Gasteiger partial charge < -0.3 is 10.2 Å². The first-order valence-corrected chi connectivity index (χ1v) is 12.7. The van der Waals surface area contributed by atoms with Crippen molar-refractivity contribution in [3.8, 4) is 0 Å². The third-order valence-electron chi connectivity index (χ3n) is 6.13. The summed E-state index contributed by atoms with van der Waals surface area (Å²) >= 11 is 0. The van der Waals surface area contributed by atoms with E-state index in [1.807, 2.05) is 37.3 Å². The lowest BCUT2D eigenvalue weighted by Gasteiger charge is -2.33. The maximum atomic E-state index is 13.6. The predicted octanol–water partition coefficient (Wildman–Crippen LogP) is 4.41. The Morgan fingerprint density at radius 1 is 0.871 bits per heavy atom. The van der Waals surface area contributed by atoms with Crippen LogP contribution in [0, 0.1) is 6.92 Å². The minimum Gasteiger partial charge on any atom is -0.370 e. The first kappa shape index (κ1) is 21.8. The van der Waals surface area contributed by atoms with E-state index in [4.69, 9.17) is 0 Å². The maximum absolute atomic E-state index is 13.6. The van der Waals surface area contributed by atoms with E-state index in [0.29, 0.717) is 24.3 Å². The maximum Gasteiger partial charge on any atom is 0.255 e. The molecule has 0 bridgehead atoms. The van der Waals surface area contributed by atoms with E-state index < -0.39 is 10.0 Å². The van der Waals surface area contributed by atoms with Gasteiger partial charge in [-0.05, 0) is 74.9 Å². The van der Waals surface area contributed by atoms with Gasteiger partial charge in [-0.3, -0.25) is 4.79 Å². The van der Waals surface area contributed by atoms with Gasteiger partial charge in [-0.2, -0.15) is 4.31 Å². The summed E-state index contributed by atoms with van der Waals surface area (Å²) in [7, 11) is -3.67. The monoisotopic (exact) mass is 441 g/mol. The van der Waals surface area contributed by atoms with E-state index in [0.717, 1.165) is 56.4 Å². The average molecular weight is 442 g/mol. The van der Waals surface area contributed by atoms with Crippen LogP contribution in [-0.2, 0) is 10.0 Å². The molecule has 2 heterocycles. The molecule has 2 aliphatic rings. The number of sulfonamides is 1. The van der Waals surface area contributed by atoms with Crippen LogP contribution in [0.2, 0.25) is 0 Å². The summed E-state index contributed by atoms with van der Waals surface area (Å²) in [6.07, 6.45) is 6.10. The van der Waals surface area contributed by atoms with Crippen molar-refractivity contribution >= 4 is 27.3 Å². The summed E-state index contributed by atoms with van der Waals surface area (Å²) in [5, 5.41) is 2.90. The van der Waals surface area contributed by atoms with Gasteiger partial charge in [0, 0.05) is 37.4 Å². The number of carbonyl (C=O) groups is 1. The van der Waals surface area contributed by atoms with Crippen LogP contribution in [0.4, 0.5) is 11.4 Å². The molecule has 0 unspecified atom stereocenters. The summed E-state index contributed by atoms with van der Waals surface area (Å²) < 4.78 is 28.8. The van der Waals surface area contributed by atoms with Crippen LogP contribution in [0.15, 0.2) is 47.4 Å². The third-order valence-corrected chi connectivity index (χ3v) is 8.06. The van der Waals surface area contributed by atoms with Crippen LogP contribution in [-0.4, -0.2) is 44.8 Å². The SMILES string of the molecule is Cc1cccc(NC(=O)c2ccc(N3CCCCC3)c(S(=O)(=O)N3CCCCC3)c2)c1. The highest BCUT2D eigenvalue weighted by molar-refractivity contribution is 7.89. The molecule has 0 atom stereocenters. The molecule has 0 radical (unpaired) electrons. The van der Waals surface area contributed by atoms with Crippen molar-refractivity contribution in [1.29, 1.82) is 0 Å². The van der Waals surface area contributed by atoms with Gasteiger partial charge in [0.1, 0.15) is 4.90 Å². The number of piperidine rings is 2. The number of carbonyl (C=O) groups excluding carboxylic acids is 1. The largest absolute Gasteiger partial charge is 0.370 e. The Morgan fingerprint density at radius 3 is 2.23 bits per heavy atom. The normalized spacial score (nSPS) is 18.0. The molecule has 6 nitrogen and oxygen atoms in total. The van der Waals surface area contributed by atoms with Crippen molar-refractivity contribution < 1.29 is 13.2 Å². The summed E-state index contributed by atoms with van der Waals surface area (Å²) in [5.74, 6) is -0.300. The number of amides is 1. The lowest BCUT2D eigenvalue weighted by molar-refractivity contribution is 0.102. The summed E-state index contributed by atoms with van der Waals surface area (Å²) in [4.78, 5) is 15.3. The molecule has 2 fully saturated rings. The van der Waals surface area contributed by atoms with Gasteiger partial charge in [0.15, 0.2) is 0 Å². The summed E-state index contributed by atoms with van der Waals surface area (Å²) in [5.41, 5.74) is 2.83. The highest BCUT2D eigenvalue weighted by atomic mass is 32.2. The number of benzene rings is 2. The van der Waals surface area contributed by atoms with Crippen molar-refractivity contribution in [3.05, 3.63) is 53.6 Å². The average Bonchev–Trinajstić information content (AvgIpc) is 2.80. The Morgan fingerprint density at radius 2 is 1.55 bits per heavy atom. The van der Waals surface area contributed by atoms with Crippen molar-refractivity contribution in [3.63, 3.8) is 0 Å². The van der Waals surface area contributed by atoms with E-state index in [-0.39, 0.29) is 10.8 Å². The van der Waals surface area contributed by atoms with E-state index in [1.165, 1.54) is 6.42 Å². The predicted molar refractivity (Wildman–Crippen MR) is 124 cm³/mol. The Kier molecular flexibility index (Phi) is 6.62. The molecule has 2 aliphatic heterocycles. The first-order chi connectivity index (χ1) is 14.9. The fourth-order valence-electron chi connectivity index (χ4n) is 4.43. The molecule has 1 amide bonds. The Balaban J connectivity index is 1.69. The molecule has 1 N–H and O–H groups in total. The molecule has 0 aliphatic carbocycles. The number of aryl methyl sites for hydroxylation is 1. The summed E-state index contributed by atoms with van der Waals surface area (Å²) in [6.45, 7) is 4.74. The molecule has 0 aromatic heterocycles. The molecule has 2 saturated heterocycles. The van der Waals surface area contributed by atoms with E-state index in [2.05, 4.69) is 10.2 Å². The van der Waals surface area contributed by atoms with E-state index in [9.17, 15) is 13.2 Å². The van der Waals surface area contributed by atoms with Gasteiger partial charge in [-0.15, -0.1) is 0 Å². The standard InChI is InChI=1S/C24H31N3O3S/c1-19-9-8-10-21(17-19)25-24(28)20-11-12-22(26-13-4-2-5-14-26)23(18-20)31(29,30)27-15-6-3-7-16-27/h8-12,17-18H,2-7,13-16H2,1H3,(H,25,28). The lowest BCUT2D eigenvalue weighted by Crippen LogP contribution is -2.37. The number of nitrogens with one attached hydrogen (secondary N) is 1. The van der Waals surface area contributed by atoms with Gasteiger partial charge in [0.25, 0.3) is 5.91 Å². The molecule has 7 heteroatoms. The smallest absolute Gasteiger partial charge is 0.255 e. The first-order valence-electron chi connectivity index (χ1n) is 11.2. The summed E-state index contributed by atoms with van der Waals surface area (Å²) in [6, 6.07) is 12.7. The van der Waals surface area contributed by atoms with Crippen LogP contribution < -0.4 is 10.2 Å². The van der Waals surface area contributed by atoms with Gasteiger partial charge in [-0.1, -0.05) is 18.6 Å². The number of anilines is 2. The second-order valence-corrected chi connectivity index (χ2v) is 10.4. The number of rotatable bonds is 5. The number of nitrogens with zero attached hydrogens (tertiary/aromatic N) is 2. The topological polar surface area (TPSA) is 69.7 Å². The van der Waals surface area contributed by atoms with E-state index >= 15 is 0 Å². The number of hydrogen-bond donors (Lipinski definition) is 1. The van der Waals surface area contributed by atoms with Gasteiger partial charge >= 0.3 is 0 Å². The van der Waals surface area contributed by atoms with Crippen molar-refractivity contribution in [2.75, 3.05) is 36.4 Å². The van der Waals surface area contributed by atoms with Crippen LogP contribution in [0.25, 0.3) is 0 Å². The van der Waals surface area contributed by atoms with Crippen LogP contribution in [0.5, 0.6) is 0 Å². The third kappa shape index (κ3) is 4.93. The zero-order valence-electron chi connectivity index (χ0n) is 18.1. The quantitative estimate of drug-likeness (QED) is 0.746. The second kappa shape index (κ2) is 9.40. The van der Waals surface area contributed by atoms with Gasteiger partial charge in [0.2, 0.25) is 10.0 Å². The lowest BCUT2D eigenvalue weighted by atomic mass is 10.1. The Hall–Kier alpha value is -2.38. The van der Waals surface area contributed by atoms with Gasteiger partial charge in [0.05, 0.1) is 5.69 Å². The Bertz CT molecular complexity index is 1040. The molecule has 2 aromatic rings. The van der Waals surface area contributed by atoms with Crippen molar-refractivity contribution in [2.45, 2.75) is 50.3 Å². The van der Waals surface area contributed by atoms with Crippen molar-refractivity contribution in [2.24, 2.45) is 0 Å². The zero-order valence-corrected chi connectivity index (χ0v) is 19.0. The Labute approximate surface area is 185 Å². The molecule has 2 aromatic carbocycles. The second-order valence-electron chi connectivity index (χ2n) is 8.52. The molecule has 166 valence electrons. The molecule has 31 heavy (non-hydrogen) atoms. The molecule has 4 rings (SSSR count). The van der Waals surface area contributed by atoms with Gasteiger partial charge in [-0.25, -0.2) is 8.42 Å². The zero-order chi connectivity index (χ0) is 21.8. The van der Waals surface area contributed by atoms with E-state index in [1.54, 1.807) is 16.4 Å². The fourth-order valence-corrected chi connectivity index (χ4v) is 6.18. The van der Waals surface area contributed by atoms with Crippen LogP contribution in [0.1, 0.15) is 54.4 Å². The molecular formula is C24H31N3O3S.